The molecular formula is C45H36Cl2Zr-2. The van der Waals surface area contributed by atoms with E-state index in [1.54, 1.807) is 0 Å². The molecule has 8 rings (SSSR count). The fourth-order valence-electron chi connectivity index (χ4n) is 5.75. The summed E-state index contributed by atoms with van der Waals surface area (Å²) in [7, 11) is 0. The molecule has 0 saturated heterocycles. The van der Waals surface area contributed by atoms with Crippen LogP contribution in [0.4, 0.5) is 0 Å². The van der Waals surface area contributed by atoms with Gasteiger partial charge in [0.1, 0.15) is 0 Å². The minimum atomic E-state index is 0. The molecular weight excluding hydrogens is 703 g/mol. The van der Waals surface area contributed by atoms with E-state index in [0.717, 1.165) is 6.42 Å². The van der Waals surface area contributed by atoms with E-state index in [-0.39, 0.29) is 24.8 Å². The average molecular weight is 739 g/mol. The van der Waals surface area contributed by atoms with Crippen molar-refractivity contribution in [2.45, 2.75) is 20.3 Å². The zero-order chi connectivity index (χ0) is 31.7. The Hall–Kier alpha value is -4.00. The van der Waals surface area contributed by atoms with Crippen molar-refractivity contribution in [3.05, 3.63) is 209 Å². The number of hydrogen-bond acceptors (Lipinski definition) is 0. The molecule has 0 unspecified atom stereocenters. The Kier molecular flexibility index (Phi) is 13.8. The second-order valence-corrected chi connectivity index (χ2v) is 12.8. The Morgan fingerprint density at radius 3 is 1.42 bits per heavy atom. The summed E-state index contributed by atoms with van der Waals surface area (Å²) in [5, 5.41) is 5.46. The number of hydrogen-bond donors (Lipinski definition) is 0. The molecule has 0 heterocycles. The van der Waals surface area contributed by atoms with Crippen molar-refractivity contribution in [2.24, 2.45) is 0 Å². The molecule has 0 aliphatic heterocycles. The summed E-state index contributed by atoms with van der Waals surface area (Å²) in [5.74, 6) is 0. The fraction of sp³-hybridized carbons (Fsp3) is 0.0667. The zero-order valence-electron chi connectivity index (χ0n) is 27.1. The number of allylic oxidation sites excluding steroid dienone is 4. The van der Waals surface area contributed by atoms with Crippen molar-refractivity contribution in [2.75, 3.05) is 0 Å². The van der Waals surface area contributed by atoms with E-state index in [9.17, 15) is 0 Å². The van der Waals surface area contributed by atoms with Gasteiger partial charge in [-0.2, -0.15) is 17.7 Å². The molecule has 48 heavy (non-hydrogen) atoms. The van der Waals surface area contributed by atoms with E-state index in [4.69, 9.17) is 0 Å². The number of benzene rings is 6. The normalized spacial score (nSPS) is 11.5. The molecule has 236 valence electrons. The second kappa shape index (κ2) is 18.0. The van der Waals surface area contributed by atoms with Crippen LogP contribution in [-0.4, -0.2) is 3.21 Å². The molecule has 7 aromatic rings. The summed E-state index contributed by atoms with van der Waals surface area (Å²) >= 11 is 1.46. The van der Waals surface area contributed by atoms with Gasteiger partial charge in [0.25, 0.3) is 0 Å². The molecule has 0 bridgehead atoms. The van der Waals surface area contributed by atoms with E-state index in [2.05, 4.69) is 178 Å². The van der Waals surface area contributed by atoms with Gasteiger partial charge in [0, 0.05) is 0 Å². The molecule has 0 atom stereocenters. The van der Waals surface area contributed by atoms with Gasteiger partial charge in [0.05, 0.1) is 0 Å². The molecule has 0 amide bonds. The quantitative estimate of drug-likeness (QED) is 0.210. The Bertz CT molecular complexity index is 2030. The first-order chi connectivity index (χ1) is 22.5. The van der Waals surface area contributed by atoms with Crippen LogP contribution in [0.2, 0.25) is 0 Å². The first-order valence-corrected chi connectivity index (χ1v) is 17.0. The summed E-state index contributed by atoms with van der Waals surface area (Å²) in [6, 6.07) is 57.7. The summed E-state index contributed by atoms with van der Waals surface area (Å²) in [4.78, 5) is 0. The molecule has 3 heteroatoms. The standard InChI is InChI=1S/C17H13.C15H13.C13H10.2ClH.Zr/c1-3-7-14(8-4-1)16-11-12-17(13-16)15-9-5-2-6-10-15;1-10-3-5-14-12(7-10)9-13-8-11(2)4-6-15(13)14;1-3-7-12(8-4-1)11-13-9-5-2-6-10-13;;;/h1-10,13H,11H2;3-9H,1-2H3;1-10H;2*1H;/q2*-1;;;;+2/p-2. The summed E-state index contributed by atoms with van der Waals surface area (Å²) < 4.78 is 1.42. The molecule has 0 saturated carbocycles. The third-order valence-corrected chi connectivity index (χ3v) is 9.58. The van der Waals surface area contributed by atoms with Gasteiger partial charge in [0.15, 0.2) is 0 Å². The molecule has 0 fully saturated rings. The van der Waals surface area contributed by atoms with Gasteiger partial charge >= 0.3 is 99.2 Å². The molecule has 1 aliphatic carbocycles. The van der Waals surface area contributed by atoms with Gasteiger partial charge in [-0.15, -0.1) is 63.0 Å². The Morgan fingerprint density at radius 2 is 0.958 bits per heavy atom. The minimum absolute atomic E-state index is 0. The number of rotatable bonds is 4. The van der Waals surface area contributed by atoms with E-state index in [1.807, 2.05) is 12.1 Å². The SMILES string of the molecule is Cc1ccc2c(c1)[cH-]c1cc(C)ccc12.[C-]1=C(c2ccccc2)C=C(c2ccccc2)C1.[Cl-].[Cl-].[Zr+2]=[C](c1ccccc1)c1ccccc1. The molecule has 0 spiro atoms. The van der Waals surface area contributed by atoms with Gasteiger partial charge < -0.3 is 24.8 Å². The Labute approximate surface area is 312 Å². The van der Waals surface area contributed by atoms with E-state index < -0.39 is 0 Å². The van der Waals surface area contributed by atoms with Crippen LogP contribution in [-0.2, 0) is 24.2 Å². The molecule has 0 aromatic heterocycles. The number of aryl methyl sites for hydroxylation is 2. The summed E-state index contributed by atoms with van der Waals surface area (Å²) in [6.45, 7) is 4.28. The van der Waals surface area contributed by atoms with E-state index in [1.165, 1.54) is 93.5 Å². The number of fused-ring (bicyclic) bond motifs is 3. The molecule has 0 radical (unpaired) electrons. The molecule has 1 aliphatic rings. The fourth-order valence-corrected chi connectivity index (χ4v) is 6.56. The van der Waals surface area contributed by atoms with Crippen LogP contribution in [0.1, 0.15) is 39.8 Å². The van der Waals surface area contributed by atoms with Gasteiger partial charge in [0.2, 0.25) is 0 Å². The monoisotopic (exact) mass is 736 g/mol. The Morgan fingerprint density at radius 1 is 0.542 bits per heavy atom. The first kappa shape index (κ1) is 36.8. The van der Waals surface area contributed by atoms with Gasteiger partial charge in [-0.25, -0.2) is 0 Å². The average Bonchev–Trinajstić information content (AvgIpc) is 3.75. The predicted molar refractivity (Wildman–Crippen MR) is 195 cm³/mol. The maximum atomic E-state index is 3.45. The van der Waals surface area contributed by atoms with Crippen LogP contribution in [0.15, 0.2) is 170 Å². The van der Waals surface area contributed by atoms with Crippen molar-refractivity contribution >= 4 is 35.9 Å². The molecule has 7 aromatic carbocycles. The van der Waals surface area contributed by atoms with Crippen LogP contribution in [0, 0.1) is 19.9 Å². The van der Waals surface area contributed by atoms with Crippen LogP contribution >= 0.6 is 0 Å². The summed E-state index contributed by atoms with van der Waals surface area (Å²) in [6.07, 6.45) is 6.60. The zero-order valence-corrected chi connectivity index (χ0v) is 31.1. The topological polar surface area (TPSA) is 0 Å². The third kappa shape index (κ3) is 9.33. The maximum absolute atomic E-state index is 3.45. The molecule has 0 N–H and O–H groups in total. The van der Waals surface area contributed by atoms with Gasteiger partial charge in [-0.05, 0) is 19.4 Å². The third-order valence-electron chi connectivity index (χ3n) is 8.16. The van der Waals surface area contributed by atoms with E-state index in [0.29, 0.717) is 0 Å². The van der Waals surface area contributed by atoms with Crippen LogP contribution in [0.5, 0.6) is 0 Å². The van der Waals surface area contributed by atoms with Crippen LogP contribution in [0.3, 0.4) is 0 Å². The van der Waals surface area contributed by atoms with Gasteiger partial charge in [-0.3, -0.25) is 0 Å². The second-order valence-electron chi connectivity index (χ2n) is 11.6. The first-order valence-electron chi connectivity index (χ1n) is 15.7. The van der Waals surface area contributed by atoms with Crippen LogP contribution in [0.25, 0.3) is 32.7 Å². The van der Waals surface area contributed by atoms with Crippen molar-refractivity contribution in [3.63, 3.8) is 0 Å². The Balaban J connectivity index is 0.000000160. The molecule has 0 nitrogen and oxygen atoms in total. The predicted octanol–water partition coefficient (Wildman–Crippen LogP) is 5.50. The van der Waals surface area contributed by atoms with Crippen molar-refractivity contribution < 1.29 is 49.0 Å². The van der Waals surface area contributed by atoms with Crippen molar-refractivity contribution in [1.82, 2.24) is 0 Å². The van der Waals surface area contributed by atoms with Crippen molar-refractivity contribution in [3.8, 4) is 0 Å². The summed E-state index contributed by atoms with van der Waals surface area (Å²) in [5.41, 5.74) is 10.4. The van der Waals surface area contributed by atoms with Crippen LogP contribution < -0.4 is 24.8 Å². The number of halogens is 2. The van der Waals surface area contributed by atoms with Crippen molar-refractivity contribution in [1.29, 1.82) is 0 Å². The van der Waals surface area contributed by atoms with E-state index >= 15 is 0 Å². The van der Waals surface area contributed by atoms with Gasteiger partial charge in [-0.1, -0.05) is 90.3 Å².